The Morgan fingerprint density at radius 1 is 1.42 bits per heavy atom. The minimum Gasteiger partial charge on any atom is -0.143 e. The van der Waals surface area contributed by atoms with Gasteiger partial charge in [-0.2, -0.15) is 0 Å². The zero-order valence-electron chi connectivity index (χ0n) is 7.12. The molecule has 0 aliphatic rings. The fourth-order valence-corrected chi connectivity index (χ4v) is 1.39. The first-order valence-corrected chi connectivity index (χ1v) is 4.31. The average Bonchev–Trinajstić information content (AvgIpc) is 2.09. The maximum absolute atomic E-state index is 4.36. The molecule has 0 heterocycles. The summed E-state index contributed by atoms with van der Waals surface area (Å²) in [6.07, 6.45) is 5.89. The maximum atomic E-state index is 4.36. The molecule has 1 aromatic carbocycles. The van der Waals surface area contributed by atoms with Crippen LogP contribution in [0.1, 0.15) is 18.1 Å². The summed E-state index contributed by atoms with van der Waals surface area (Å²) in [6, 6.07) is 5.99. The Balaban J connectivity index is 3.28. The lowest BCUT2D eigenvalue weighted by Gasteiger charge is -2.03. The van der Waals surface area contributed by atoms with E-state index in [1.165, 1.54) is 0 Å². The highest BCUT2D eigenvalue weighted by atomic mass is 32.1. The number of thiol groups is 1. The Hall–Kier alpha value is -0.950. The molecular formula is C11H12S. The van der Waals surface area contributed by atoms with Gasteiger partial charge in [0, 0.05) is 4.90 Å². The molecule has 1 aromatic rings. The molecule has 0 aliphatic carbocycles. The van der Waals surface area contributed by atoms with Gasteiger partial charge in [0.05, 0.1) is 0 Å². The average molecular weight is 176 g/mol. The Bertz CT molecular complexity index is 311. The van der Waals surface area contributed by atoms with Crippen LogP contribution in [0.25, 0.3) is 12.2 Å². The summed E-state index contributed by atoms with van der Waals surface area (Å²) < 4.78 is 0. The quantitative estimate of drug-likeness (QED) is 0.653. The first-order chi connectivity index (χ1) is 5.79. The van der Waals surface area contributed by atoms with Gasteiger partial charge in [0.25, 0.3) is 0 Å². The third-order valence-corrected chi connectivity index (χ3v) is 2.06. The lowest BCUT2D eigenvalue weighted by Crippen LogP contribution is -1.81. The number of hydrogen-bond donors (Lipinski definition) is 1. The summed E-state index contributed by atoms with van der Waals surface area (Å²) in [5.74, 6) is 0. The Labute approximate surface area is 79.0 Å². The molecule has 0 radical (unpaired) electrons. The standard InChI is InChI=1S/C11H12S/c1-3-6-10-9(4-2)7-5-8-11(10)12/h3-8,12H,2H2,1H3/b6-3-. The molecule has 0 unspecified atom stereocenters. The molecule has 0 N–H and O–H groups in total. The van der Waals surface area contributed by atoms with Crippen LogP contribution in [-0.4, -0.2) is 0 Å². The van der Waals surface area contributed by atoms with Crippen molar-refractivity contribution in [1.82, 2.24) is 0 Å². The van der Waals surface area contributed by atoms with E-state index in [0.29, 0.717) is 0 Å². The van der Waals surface area contributed by atoms with Crippen LogP contribution in [-0.2, 0) is 0 Å². The SMILES string of the molecule is C=Cc1cccc(S)c1/C=C\C. The fourth-order valence-electron chi connectivity index (χ4n) is 1.10. The van der Waals surface area contributed by atoms with Gasteiger partial charge in [-0.1, -0.05) is 36.9 Å². The van der Waals surface area contributed by atoms with Gasteiger partial charge in [-0.3, -0.25) is 0 Å². The first kappa shape index (κ1) is 9.14. The Morgan fingerprint density at radius 3 is 2.75 bits per heavy atom. The molecule has 12 heavy (non-hydrogen) atoms. The van der Waals surface area contributed by atoms with E-state index in [-0.39, 0.29) is 0 Å². The second kappa shape index (κ2) is 4.17. The first-order valence-electron chi connectivity index (χ1n) is 3.86. The van der Waals surface area contributed by atoms with Crippen molar-refractivity contribution in [2.75, 3.05) is 0 Å². The summed E-state index contributed by atoms with van der Waals surface area (Å²) in [4.78, 5) is 0.991. The van der Waals surface area contributed by atoms with E-state index < -0.39 is 0 Å². The van der Waals surface area contributed by atoms with E-state index in [2.05, 4.69) is 19.2 Å². The number of hydrogen-bond acceptors (Lipinski definition) is 1. The van der Waals surface area contributed by atoms with Crippen molar-refractivity contribution in [3.8, 4) is 0 Å². The molecular weight excluding hydrogens is 164 g/mol. The molecule has 0 aliphatic heterocycles. The Morgan fingerprint density at radius 2 is 2.17 bits per heavy atom. The summed E-state index contributed by atoms with van der Waals surface area (Å²) in [7, 11) is 0. The lowest BCUT2D eigenvalue weighted by atomic mass is 10.1. The number of benzene rings is 1. The predicted octanol–water partition coefficient (Wildman–Crippen LogP) is 3.65. The van der Waals surface area contributed by atoms with Crippen LogP contribution >= 0.6 is 12.6 Å². The van der Waals surface area contributed by atoms with E-state index in [0.717, 1.165) is 16.0 Å². The van der Waals surface area contributed by atoms with Crippen molar-refractivity contribution in [3.63, 3.8) is 0 Å². The van der Waals surface area contributed by atoms with Crippen molar-refractivity contribution in [2.45, 2.75) is 11.8 Å². The van der Waals surface area contributed by atoms with Crippen LogP contribution in [0.2, 0.25) is 0 Å². The van der Waals surface area contributed by atoms with Crippen molar-refractivity contribution in [3.05, 3.63) is 42.0 Å². The molecule has 0 fully saturated rings. The molecule has 0 saturated heterocycles. The van der Waals surface area contributed by atoms with Crippen LogP contribution in [0.15, 0.2) is 35.7 Å². The van der Waals surface area contributed by atoms with Gasteiger partial charge in [-0.05, 0) is 24.1 Å². The van der Waals surface area contributed by atoms with Crippen molar-refractivity contribution < 1.29 is 0 Å². The Kier molecular flexibility index (Phi) is 3.18. The van der Waals surface area contributed by atoms with E-state index in [4.69, 9.17) is 0 Å². The van der Waals surface area contributed by atoms with Gasteiger partial charge in [-0.25, -0.2) is 0 Å². The molecule has 0 atom stereocenters. The van der Waals surface area contributed by atoms with Crippen molar-refractivity contribution >= 4 is 24.8 Å². The van der Waals surface area contributed by atoms with Crippen LogP contribution < -0.4 is 0 Å². The van der Waals surface area contributed by atoms with Crippen LogP contribution in [0, 0.1) is 0 Å². The van der Waals surface area contributed by atoms with Crippen molar-refractivity contribution in [2.24, 2.45) is 0 Å². The highest BCUT2D eigenvalue weighted by Gasteiger charge is 1.97. The van der Waals surface area contributed by atoms with E-state index in [9.17, 15) is 0 Å². The van der Waals surface area contributed by atoms with E-state index in [1.807, 2.05) is 43.4 Å². The van der Waals surface area contributed by atoms with E-state index in [1.54, 1.807) is 0 Å². The molecule has 0 aromatic heterocycles. The molecule has 0 bridgehead atoms. The predicted molar refractivity (Wildman–Crippen MR) is 58.5 cm³/mol. The van der Waals surface area contributed by atoms with Gasteiger partial charge in [0.1, 0.15) is 0 Å². The second-order valence-corrected chi connectivity index (χ2v) is 2.97. The molecule has 0 amide bonds. The van der Waals surface area contributed by atoms with Gasteiger partial charge in [0.2, 0.25) is 0 Å². The molecule has 62 valence electrons. The zero-order chi connectivity index (χ0) is 8.97. The molecule has 1 rings (SSSR count). The maximum Gasteiger partial charge on any atom is 0.0118 e. The smallest absolute Gasteiger partial charge is 0.0118 e. The topological polar surface area (TPSA) is 0 Å². The molecule has 0 spiro atoms. The third-order valence-electron chi connectivity index (χ3n) is 1.67. The normalized spacial score (nSPS) is 10.5. The van der Waals surface area contributed by atoms with Crippen molar-refractivity contribution in [1.29, 1.82) is 0 Å². The monoisotopic (exact) mass is 176 g/mol. The largest absolute Gasteiger partial charge is 0.143 e. The molecule has 0 saturated carbocycles. The number of rotatable bonds is 2. The van der Waals surface area contributed by atoms with E-state index >= 15 is 0 Å². The highest BCUT2D eigenvalue weighted by Crippen LogP contribution is 2.20. The summed E-state index contributed by atoms with van der Waals surface area (Å²) >= 11 is 4.36. The highest BCUT2D eigenvalue weighted by molar-refractivity contribution is 7.80. The van der Waals surface area contributed by atoms with Gasteiger partial charge < -0.3 is 0 Å². The van der Waals surface area contributed by atoms with Crippen LogP contribution in [0.3, 0.4) is 0 Å². The van der Waals surface area contributed by atoms with Gasteiger partial charge in [0.15, 0.2) is 0 Å². The van der Waals surface area contributed by atoms with Crippen LogP contribution in [0.4, 0.5) is 0 Å². The fraction of sp³-hybridized carbons (Fsp3) is 0.0909. The second-order valence-electron chi connectivity index (χ2n) is 2.48. The van der Waals surface area contributed by atoms with Crippen LogP contribution in [0.5, 0.6) is 0 Å². The third kappa shape index (κ3) is 1.80. The van der Waals surface area contributed by atoms with Gasteiger partial charge >= 0.3 is 0 Å². The minimum atomic E-state index is 0.991. The molecule has 0 nitrogen and oxygen atoms in total. The molecule has 1 heteroatoms. The van der Waals surface area contributed by atoms with Gasteiger partial charge in [-0.15, -0.1) is 12.6 Å². The number of allylic oxidation sites excluding steroid dienone is 1. The minimum absolute atomic E-state index is 0.991. The lowest BCUT2D eigenvalue weighted by molar-refractivity contribution is 1.41. The summed E-state index contributed by atoms with van der Waals surface area (Å²) in [6.45, 7) is 5.74. The summed E-state index contributed by atoms with van der Waals surface area (Å²) in [5.41, 5.74) is 2.26. The summed E-state index contributed by atoms with van der Waals surface area (Å²) in [5, 5.41) is 0. The zero-order valence-corrected chi connectivity index (χ0v) is 8.01.